The summed E-state index contributed by atoms with van der Waals surface area (Å²) >= 11 is 0. The predicted molar refractivity (Wildman–Crippen MR) is 55.2 cm³/mol. The Balaban J connectivity index is 2.11. The number of hydrogen-bond donors (Lipinski definition) is 1. The number of nitrogen functional groups attached to an aromatic ring is 1. The van der Waals surface area contributed by atoms with Crippen LogP contribution < -0.4 is 5.73 Å². The molecule has 0 unspecified atom stereocenters. The maximum absolute atomic E-state index is 5.51. The van der Waals surface area contributed by atoms with Crippen LogP contribution in [-0.4, -0.2) is 20.5 Å². The maximum Gasteiger partial charge on any atom is 0.284 e. The van der Waals surface area contributed by atoms with Crippen molar-refractivity contribution < 1.29 is 9.15 Å². The molecule has 0 saturated carbocycles. The summed E-state index contributed by atoms with van der Waals surface area (Å²) in [6.45, 7) is 4.28. The highest BCUT2D eigenvalue weighted by Crippen LogP contribution is 2.20. The lowest BCUT2D eigenvalue weighted by Crippen LogP contribution is -1.94. The SMILES string of the molecule is CC(C)CCc1noc(-c2nonc2N)n1. The van der Waals surface area contributed by atoms with Crippen LogP contribution in [-0.2, 0) is 6.42 Å². The van der Waals surface area contributed by atoms with Crippen LogP contribution in [0.15, 0.2) is 9.15 Å². The van der Waals surface area contributed by atoms with Gasteiger partial charge in [-0.3, -0.25) is 0 Å². The smallest absolute Gasteiger partial charge is 0.284 e. The van der Waals surface area contributed by atoms with Crippen molar-refractivity contribution in [3.05, 3.63) is 5.82 Å². The van der Waals surface area contributed by atoms with Gasteiger partial charge in [-0.1, -0.05) is 19.0 Å². The van der Waals surface area contributed by atoms with Crippen LogP contribution in [0.3, 0.4) is 0 Å². The van der Waals surface area contributed by atoms with E-state index in [0.29, 0.717) is 17.4 Å². The molecule has 2 aromatic heterocycles. The number of rotatable bonds is 4. The second-order valence-electron chi connectivity index (χ2n) is 3.95. The molecule has 0 fully saturated rings. The van der Waals surface area contributed by atoms with E-state index >= 15 is 0 Å². The average molecular weight is 223 g/mol. The molecule has 16 heavy (non-hydrogen) atoms. The zero-order valence-electron chi connectivity index (χ0n) is 9.17. The Morgan fingerprint density at radius 3 is 2.69 bits per heavy atom. The number of aromatic nitrogens is 4. The standard InChI is InChI=1S/C9H13N5O2/c1-5(2)3-4-6-11-9(15-12-6)7-8(10)14-16-13-7/h5H,3-4H2,1-2H3,(H2,10,14). The topological polar surface area (TPSA) is 104 Å². The second kappa shape index (κ2) is 4.30. The molecule has 0 aromatic carbocycles. The Morgan fingerprint density at radius 1 is 1.25 bits per heavy atom. The first-order valence-electron chi connectivity index (χ1n) is 5.08. The van der Waals surface area contributed by atoms with Crippen molar-refractivity contribution in [3.8, 4) is 11.6 Å². The Morgan fingerprint density at radius 2 is 2.06 bits per heavy atom. The summed E-state index contributed by atoms with van der Waals surface area (Å²) < 4.78 is 9.47. The van der Waals surface area contributed by atoms with Gasteiger partial charge in [0.25, 0.3) is 5.89 Å². The van der Waals surface area contributed by atoms with Crippen molar-refractivity contribution in [2.45, 2.75) is 26.7 Å². The molecule has 7 heteroatoms. The quantitative estimate of drug-likeness (QED) is 0.832. The van der Waals surface area contributed by atoms with E-state index in [2.05, 4.69) is 38.9 Å². The first-order chi connectivity index (χ1) is 7.66. The van der Waals surface area contributed by atoms with Crippen LogP contribution in [0.1, 0.15) is 26.1 Å². The first-order valence-corrected chi connectivity index (χ1v) is 5.08. The number of nitrogens with zero attached hydrogens (tertiary/aromatic N) is 4. The highest BCUT2D eigenvalue weighted by Gasteiger charge is 2.16. The van der Waals surface area contributed by atoms with Gasteiger partial charge in [0.2, 0.25) is 11.5 Å². The molecule has 2 N–H and O–H groups in total. The zero-order chi connectivity index (χ0) is 11.5. The molecule has 0 aliphatic heterocycles. The van der Waals surface area contributed by atoms with Crippen molar-refractivity contribution in [2.75, 3.05) is 5.73 Å². The van der Waals surface area contributed by atoms with Gasteiger partial charge in [-0.15, -0.1) is 0 Å². The number of aryl methyl sites for hydroxylation is 1. The molecule has 0 bridgehead atoms. The van der Waals surface area contributed by atoms with Gasteiger partial charge in [-0.05, 0) is 22.7 Å². The number of hydrogen-bond acceptors (Lipinski definition) is 7. The summed E-state index contributed by atoms with van der Waals surface area (Å²) in [6.07, 6.45) is 1.78. The van der Waals surface area contributed by atoms with E-state index in [1.807, 2.05) is 0 Å². The Labute approximate surface area is 92.0 Å². The molecule has 2 heterocycles. The highest BCUT2D eigenvalue weighted by molar-refractivity contribution is 5.60. The molecular weight excluding hydrogens is 210 g/mol. The molecular formula is C9H13N5O2. The molecule has 0 aliphatic rings. The lowest BCUT2D eigenvalue weighted by Gasteiger charge is -1.98. The third kappa shape index (κ3) is 2.18. The summed E-state index contributed by atoms with van der Waals surface area (Å²) in [7, 11) is 0. The minimum absolute atomic E-state index is 0.152. The van der Waals surface area contributed by atoms with Gasteiger partial charge in [-0.2, -0.15) is 4.98 Å². The molecule has 2 rings (SSSR count). The Kier molecular flexibility index (Phi) is 2.84. The van der Waals surface area contributed by atoms with Gasteiger partial charge in [0.1, 0.15) is 0 Å². The highest BCUT2D eigenvalue weighted by atomic mass is 16.6. The summed E-state index contributed by atoms with van der Waals surface area (Å²) in [4.78, 5) is 4.17. The van der Waals surface area contributed by atoms with E-state index in [1.165, 1.54) is 0 Å². The van der Waals surface area contributed by atoms with Crippen LogP contribution in [0.2, 0.25) is 0 Å². The third-order valence-electron chi connectivity index (χ3n) is 2.13. The Bertz CT molecular complexity index is 462. The fraction of sp³-hybridized carbons (Fsp3) is 0.556. The molecule has 2 aromatic rings. The maximum atomic E-state index is 5.51. The molecule has 86 valence electrons. The van der Waals surface area contributed by atoms with Crippen LogP contribution in [0.5, 0.6) is 0 Å². The number of nitrogens with two attached hydrogens (primary N) is 1. The minimum Gasteiger partial charge on any atom is -0.379 e. The lowest BCUT2D eigenvalue weighted by molar-refractivity contribution is 0.308. The van der Waals surface area contributed by atoms with Crippen molar-refractivity contribution in [2.24, 2.45) is 5.92 Å². The number of anilines is 1. The third-order valence-corrected chi connectivity index (χ3v) is 2.13. The van der Waals surface area contributed by atoms with E-state index in [4.69, 9.17) is 10.3 Å². The molecule has 0 spiro atoms. The predicted octanol–water partition coefficient (Wildman–Crippen LogP) is 1.29. The van der Waals surface area contributed by atoms with Gasteiger partial charge in [-0.25, -0.2) is 4.63 Å². The molecule has 7 nitrogen and oxygen atoms in total. The van der Waals surface area contributed by atoms with E-state index in [9.17, 15) is 0 Å². The van der Waals surface area contributed by atoms with Crippen LogP contribution >= 0.6 is 0 Å². The van der Waals surface area contributed by atoms with Crippen molar-refractivity contribution >= 4 is 5.82 Å². The van der Waals surface area contributed by atoms with E-state index in [-0.39, 0.29) is 11.7 Å². The normalized spacial score (nSPS) is 11.2. The summed E-state index contributed by atoms with van der Waals surface area (Å²) in [5, 5.41) is 10.9. The summed E-state index contributed by atoms with van der Waals surface area (Å²) in [6, 6.07) is 0. The van der Waals surface area contributed by atoms with E-state index in [1.54, 1.807) is 0 Å². The minimum atomic E-state index is 0.152. The van der Waals surface area contributed by atoms with Crippen LogP contribution in [0, 0.1) is 5.92 Å². The molecule has 0 atom stereocenters. The van der Waals surface area contributed by atoms with Crippen molar-refractivity contribution in [1.29, 1.82) is 0 Å². The largest absolute Gasteiger partial charge is 0.379 e. The van der Waals surface area contributed by atoms with Gasteiger partial charge >= 0.3 is 0 Å². The van der Waals surface area contributed by atoms with E-state index < -0.39 is 0 Å². The van der Waals surface area contributed by atoms with Crippen molar-refractivity contribution in [3.63, 3.8) is 0 Å². The molecule has 0 amide bonds. The summed E-state index contributed by atoms with van der Waals surface area (Å²) in [5.74, 6) is 1.64. The second-order valence-corrected chi connectivity index (χ2v) is 3.95. The zero-order valence-corrected chi connectivity index (χ0v) is 9.17. The van der Waals surface area contributed by atoms with Gasteiger partial charge in [0.05, 0.1) is 0 Å². The van der Waals surface area contributed by atoms with Gasteiger partial charge in [0, 0.05) is 6.42 Å². The van der Waals surface area contributed by atoms with Crippen LogP contribution in [0.4, 0.5) is 5.82 Å². The van der Waals surface area contributed by atoms with Gasteiger partial charge in [0.15, 0.2) is 5.82 Å². The lowest BCUT2D eigenvalue weighted by atomic mass is 10.1. The van der Waals surface area contributed by atoms with E-state index in [0.717, 1.165) is 12.8 Å². The van der Waals surface area contributed by atoms with Crippen molar-refractivity contribution in [1.82, 2.24) is 20.5 Å². The van der Waals surface area contributed by atoms with Crippen LogP contribution in [0.25, 0.3) is 11.6 Å². The molecule has 0 aliphatic carbocycles. The van der Waals surface area contributed by atoms with Gasteiger partial charge < -0.3 is 10.3 Å². The molecule has 0 saturated heterocycles. The average Bonchev–Trinajstić information content (AvgIpc) is 2.83. The monoisotopic (exact) mass is 223 g/mol. The summed E-state index contributed by atoms with van der Waals surface area (Å²) in [5.41, 5.74) is 5.80. The molecule has 0 radical (unpaired) electrons. The fourth-order valence-corrected chi connectivity index (χ4v) is 1.21. The fourth-order valence-electron chi connectivity index (χ4n) is 1.21. The first kappa shape index (κ1) is 10.6. The Hall–Kier alpha value is -1.92.